The zero-order valence-corrected chi connectivity index (χ0v) is 13.2. The molecule has 0 saturated carbocycles. The number of carbonyl (C=O) groups excluding carboxylic acids is 1. The molecule has 3 N–H and O–H groups in total. The highest BCUT2D eigenvalue weighted by molar-refractivity contribution is 5.78. The van der Waals surface area contributed by atoms with Gasteiger partial charge in [0, 0.05) is 31.7 Å². The Hall–Kier alpha value is -1.43. The Morgan fingerprint density at radius 1 is 1.29 bits per heavy atom. The topological polar surface area (TPSA) is 61.6 Å². The summed E-state index contributed by atoms with van der Waals surface area (Å²) in [6, 6.07) is 8.10. The van der Waals surface area contributed by atoms with Crippen LogP contribution in [0.5, 0.6) is 0 Å². The smallest absolute Gasteiger partial charge is 0.238 e. The van der Waals surface area contributed by atoms with Crippen molar-refractivity contribution in [3.05, 3.63) is 35.4 Å². The molecule has 1 saturated heterocycles. The third-order valence-corrected chi connectivity index (χ3v) is 4.42. The Morgan fingerprint density at radius 2 is 1.95 bits per heavy atom. The van der Waals surface area contributed by atoms with Gasteiger partial charge in [-0.2, -0.15) is 0 Å². The van der Waals surface area contributed by atoms with Crippen LogP contribution in [0.3, 0.4) is 0 Å². The lowest BCUT2D eigenvalue weighted by molar-refractivity contribution is -0.120. The third kappa shape index (κ3) is 4.03. The summed E-state index contributed by atoms with van der Waals surface area (Å²) in [5.74, 6) is 5.04. The van der Waals surface area contributed by atoms with Crippen molar-refractivity contribution < 1.29 is 4.79 Å². The molecule has 1 amide bonds. The molecule has 0 aromatic heterocycles. The monoisotopic (exact) mass is 290 g/mol. The van der Waals surface area contributed by atoms with Gasteiger partial charge in [-0.05, 0) is 32.0 Å². The van der Waals surface area contributed by atoms with Crippen LogP contribution in [0.25, 0.3) is 0 Å². The summed E-state index contributed by atoms with van der Waals surface area (Å²) in [6.45, 7) is 8.57. The summed E-state index contributed by atoms with van der Waals surface area (Å²) in [5, 5.41) is 0. The van der Waals surface area contributed by atoms with E-state index >= 15 is 0 Å². The molecule has 5 heteroatoms. The van der Waals surface area contributed by atoms with Crippen LogP contribution in [-0.4, -0.2) is 47.9 Å². The number of hydrogen-bond acceptors (Lipinski definition) is 4. The average Bonchev–Trinajstić information content (AvgIpc) is 2.44. The molecule has 1 aromatic rings. The average molecular weight is 290 g/mol. The first-order valence-corrected chi connectivity index (χ1v) is 7.42. The van der Waals surface area contributed by atoms with E-state index in [1.54, 1.807) is 0 Å². The van der Waals surface area contributed by atoms with Gasteiger partial charge in [-0.25, -0.2) is 5.84 Å². The maximum Gasteiger partial charge on any atom is 0.238 e. The first-order valence-electron chi connectivity index (χ1n) is 7.42. The molecule has 116 valence electrons. The number of likely N-dealkylation sites (N-methyl/N-ethyl adjacent to an activating group) is 1. The molecule has 1 aliphatic heterocycles. The summed E-state index contributed by atoms with van der Waals surface area (Å²) in [6.07, 6.45) is 0.337. The highest BCUT2D eigenvalue weighted by Gasteiger charge is 2.31. The largest absolute Gasteiger partial charge is 0.299 e. The summed E-state index contributed by atoms with van der Waals surface area (Å²) < 4.78 is 0. The van der Waals surface area contributed by atoms with Gasteiger partial charge < -0.3 is 0 Å². The maximum absolute atomic E-state index is 11.5. The summed E-state index contributed by atoms with van der Waals surface area (Å²) in [5.41, 5.74) is 4.65. The molecule has 21 heavy (non-hydrogen) atoms. The highest BCUT2D eigenvalue weighted by atomic mass is 16.2. The van der Waals surface area contributed by atoms with E-state index in [1.165, 1.54) is 5.56 Å². The minimum absolute atomic E-state index is 0.152. The van der Waals surface area contributed by atoms with E-state index < -0.39 is 0 Å². The van der Waals surface area contributed by atoms with Crippen LogP contribution in [0, 0.1) is 0 Å². The molecule has 2 rings (SSSR count). The van der Waals surface area contributed by atoms with Crippen LogP contribution in [0.4, 0.5) is 0 Å². The molecule has 1 aliphatic rings. The first kappa shape index (κ1) is 15.9. The number of piperazine rings is 1. The van der Waals surface area contributed by atoms with Gasteiger partial charge in [0.2, 0.25) is 5.91 Å². The minimum Gasteiger partial charge on any atom is -0.299 e. The molecule has 0 bridgehead atoms. The third-order valence-electron chi connectivity index (χ3n) is 4.42. The van der Waals surface area contributed by atoms with E-state index in [0.717, 1.165) is 31.7 Å². The highest BCUT2D eigenvalue weighted by Crippen LogP contribution is 2.21. The van der Waals surface area contributed by atoms with Gasteiger partial charge in [0.15, 0.2) is 0 Å². The van der Waals surface area contributed by atoms with Gasteiger partial charge in [-0.1, -0.05) is 24.3 Å². The molecule has 0 radical (unpaired) electrons. The van der Waals surface area contributed by atoms with Gasteiger partial charge in [0.05, 0.1) is 6.42 Å². The Labute approximate surface area is 127 Å². The molecule has 1 aromatic carbocycles. The molecular weight excluding hydrogens is 264 g/mol. The number of hydrazine groups is 1. The number of rotatable bonds is 4. The molecule has 1 fully saturated rings. The van der Waals surface area contributed by atoms with E-state index in [-0.39, 0.29) is 11.4 Å². The van der Waals surface area contributed by atoms with Crippen molar-refractivity contribution in [3.63, 3.8) is 0 Å². The number of benzene rings is 1. The fourth-order valence-corrected chi connectivity index (χ4v) is 2.83. The van der Waals surface area contributed by atoms with E-state index in [2.05, 4.69) is 42.2 Å². The summed E-state index contributed by atoms with van der Waals surface area (Å²) in [4.78, 5) is 16.4. The summed E-state index contributed by atoms with van der Waals surface area (Å²) in [7, 11) is 2.18. The van der Waals surface area contributed by atoms with Crippen molar-refractivity contribution in [2.45, 2.75) is 32.4 Å². The number of nitrogens with two attached hydrogens (primary N) is 1. The Morgan fingerprint density at radius 3 is 2.57 bits per heavy atom. The molecule has 0 spiro atoms. The van der Waals surface area contributed by atoms with Crippen LogP contribution in [0.1, 0.15) is 25.0 Å². The van der Waals surface area contributed by atoms with Crippen LogP contribution >= 0.6 is 0 Å². The van der Waals surface area contributed by atoms with Crippen molar-refractivity contribution in [1.82, 2.24) is 15.2 Å². The minimum atomic E-state index is -0.152. The van der Waals surface area contributed by atoms with Crippen LogP contribution in [0.2, 0.25) is 0 Å². The van der Waals surface area contributed by atoms with Crippen molar-refractivity contribution in [2.75, 3.05) is 26.7 Å². The van der Waals surface area contributed by atoms with Crippen molar-refractivity contribution >= 4 is 5.91 Å². The Kier molecular flexibility index (Phi) is 4.98. The fourth-order valence-electron chi connectivity index (χ4n) is 2.83. The first-order chi connectivity index (χ1) is 9.92. The zero-order valence-electron chi connectivity index (χ0n) is 13.2. The predicted molar refractivity (Wildman–Crippen MR) is 84.5 cm³/mol. The fraction of sp³-hybridized carbons (Fsp3) is 0.562. The van der Waals surface area contributed by atoms with Crippen LogP contribution < -0.4 is 11.3 Å². The molecule has 0 unspecified atom stereocenters. The molecular formula is C16H26N4O. The SMILES string of the molecule is CN1CCN(Cc2ccccc2CC(=O)NN)CC1(C)C. The maximum atomic E-state index is 11.5. The quantitative estimate of drug-likeness (QED) is 0.488. The van der Waals surface area contributed by atoms with Crippen molar-refractivity contribution in [1.29, 1.82) is 0 Å². The number of amides is 1. The lowest BCUT2D eigenvalue weighted by Crippen LogP contribution is -2.57. The number of hydrogen-bond donors (Lipinski definition) is 2. The van der Waals surface area contributed by atoms with E-state index in [9.17, 15) is 4.79 Å². The second-order valence-corrected chi connectivity index (χ2v) is 6.46. The van der Waals surface area contributed by atoms with Crippen molar-refractivity contribution in [3.8, 4) is 0 Å². The number of nitrogens with zero attached hydrogens (tertiary/aromatic N) is 2. The van der Waals surface area contributed by atoms with E-state index in [1.807, 2.05) is 18.2 Å². The second-order valence-electron chi connectivity index (χ2n) is 6.46. The number of nitrogens with one attached hydrogen (secondary N) is 1. The van der Waals surface area contributed by atoms with Gasteiger partial charge >= 0.3 is 0 Å². The standard InChI is InChI=1S/C16H26N4O/c1-16(2)12-20(9-8-19(16)3)11-14-7-5-4-6-13(14)10-15(21)18-17/h4-7H,8-12,17H2,1-3H3,(H,18,21). The zero-order chi connectivity index (χ0) is 15.5. The van der Waals surface area contributed by atoms with Crippen LogP contribution in [0.15, 0.2) is 24.3 Å². The van der Waals surface area contributed by atoms with Crippen LogP contribution in [-0.2, 0) is 17.8 Å². The Balaban J connectivity index is 2.08. The molecule has 5 nitrogen and oxygen atoms in total. The molecule has 0 aliphatic carbocycles. The van der Waals surface area contributed by atoms with Crippen molar-refractivity contribution in [2.24, 2.45) is 5.84 Å². The van der Waals surface area contributed by atoms with E-state index in [4.69, 9.17) is 5.84 Å². The number of carbonyl (C=O) groups is 1. The Bertz CT molecular complexity index is 501. The molecule has 1 heterocycles. The van der Waals surface area contributed by atoms with Gasteiger partial charge in [-0.15, -0.1) is 0 Å². The predicted octanol–water partition coefficient (Wildman–Crippen LogP) is 0.745. The van der Waals surface area contributed by atoms with Gasteiger partial charge in [0.1, 0.15) is 0 Å². The normalized spacial score (nSPS) is 19.4. The lowest BCUT2D eigenvalue weighted by atomic mass is 9.98. The molecule has 0 atom stereocenters. The summed E-state index contributed by atoms with van der Waals surface area (Å²) >= 11 is 0. The van der Waals surface area contributed by atoms with Gasteiger partial charge in [-0.3, -0.25) is 20.0 Å². The van der Waals surface area contributed by atoms with E-state index in [0.29, 0.717) is 6.42 Å². The lowest BCUT2D eigenvalue weighted by Gasteiger charge is -2.45. The van der Waals surface area contributed by atoms with Gasteiger partial charge in [0.25, 0.3) is 0 Å². The second kappa shape index (κ2) is 6.56.